The standard InChI is InChI=1S/C10H14NO5P/c1-7(13)11-10-3-2-8(5-12)4-9(10)6-17(14,15)16/h2-4,12H,5-6H2,1H3,(H,11,13)(H2,14,15,16). The summed E-state index contributed by atoms with van der Waals surface area (Å²) < 4.78 is 11.0. The Bertz CT molecular complexity index is 468. The Balaban J connectivity index is 3.11. The van der Waals surface area contributed by atoms with Crippen LogP contribution in [0.15, 0.2) is 18.2 Å². The summed E-state index contributed by atoms with van der Waals surface area (Å²) in [6.07, 6.45) is -0.476. The third-order valence-corrected chi connectivity index (χ3v) is 2.79. The number of carbonyl (C=O) groups is 1. The van der Waals surface area contributed by atoms with E-state index in [2.05, 4.69) is 5.32 Å². The molecule has 17 heavy (non-hydrogen) atoms. The number of aliphatic hydroxyl groups is 1. The number of carbonyl (C=O) groups excluding carboxylic acids is 1. The van der Waals surface area contributed by atoms with Crippen LogP contribution in [-0.4, -0.2) is 20.8 Å². The van der Waals surface area contributed by atoms with E-state index in [1.165, 1.54) is 19.1 Å². The van der Waals surface area contributed by atoms with Gasteiger partial charge in [0.15, 0.2) is 0 Å². The monoisotopic (exact) mass is 259 g/mol. The molecule has 0 bridgehead atoms. The van der Waals surface area contributed by atoms with Crippen molar-refractivity contribution >= 4 is 19.2 Å². The molecule has 0 radical (unpaired) electrons. The lowest BCUT2D eigenvalue weighted by molar-refractivity contribution is -0.114. The number of amides is 1. The first-order valence-electron chi connectivity index (χ1n) is 4.86. The molecule has 0 aliphatic rings. The van der Waals surface area contributed by atoms with E-state index in [0.29, 0.717) is 16.8 Å². The number of aliphatic hydroxyl groups excluding tert-OH is 1. The van der Waals surface area contributed by atoms with Gasteiger partial charge in [0.05, 0.1) is 12.8 Å². The quantitative estimate of drug-likeness (QED) is 0.599. The van der Waals surface area contributed by atoms with E-state index in [-0.39, 0.29) is 12.5 Å². The maximum Gasteiger partial charge on any atom is 0.329 e. The lowest BCUT2D eigenvalue weighted by Crippen LogP contribution is -2.08. The van der Waals surface area contributed by atoms with Gasteiger partial charge in [-0.25, -0.2) is 0 Å². The van der Waals surface area contributed by atoms with Gasteiger partial charge in [-0.05, 0) is 17.2 Å². The first kappa shape index (κ1) is 13.9. The molecule has 0 aromatic heterocycles. The van der Waals surface area contributed by atoms with E-state index in [4.69, 9.17) is 14.9 Å². The van der Waals surface area contributed by atoms with E-state index in [1.807, 2.05) is 0 Å². The van der Waals surface area contributed by atoms with Crippen molar-refractivity contribution < 1.29 is 24.3 Å². The fourth-order valence-electron chi connectivity index (χ4n) is 1.41. The minimum Gasteiger partial charge on any atom is -0.392 e. The molecule has 0 aliphatic carbocycles. The van der Waals surface area contributed by atoms with E-state index in [1.54, 1.807) is 6.07 Å². The Morgan fingerprint density at radius 1 is 1.41 bits per heavy atom. The smallest absolute Gasteiger partial charge is 0.329 e. The van der Waals surface area contributed by atoms with Gasteiger partial charge in [-0.3, -0.25) is 9.36 Å². The number of rotatable bonds is 4. The Hall–Kier alpha value is -1.20. The third kappa shape index (κ3) is 4.66. The molecule has 0 aliphatic heterocycles. The number of hydrogen-bond donors (Lipinski definition) is 4. The summed E-state index contributed by atoms with van der Waals surface area (Å²) in [7, 11) is -4.22. The van der Waals surface area contributed by atoms with Crippen molar-refractivity contribution in [1.82, 2.24) is 0 Å². The summed E-state index contributed by atoms with van der Waals surface area (Å²) in [4.78, 5) is 28.8. The second-order valence-electron chi connectivity index (χ2n) is 3.65. The molecule has 0 spiro atoms. The van der Waals surface area contributed by atoms with Crippen molar-refractivity contribution in [1.29, 1.82) is 0 Å². The van der Waals surface area contributed by atoms with Crippen LogP contribution in [0.1, 0.15) is 18.1 Å². The van der Waals surface area contributed by atoms with Crippen LogP contribution < -0.4 is 5.32 Å². The molecule has 0 saturated heterocycles. The topological polar surface area (TPSA) is 107 Å². The molecule has 0 atom stereocenters. The van der Waals surface area contributed by atoms with Gasteiger partial charge in [0.2, 0.25) is 5.91 Å². The van der Waals surface area contributed by atoms with Crippen molar-refractivity contribution in [3.05, 3.63) is 29.3 Å². The third-order valence-electron chi connectivity index (χ3n) is 2.04. The minimum absolute atomic E-state index is 0.228. The zero-order valence-corrected chi connectivity index (χ0v) is 10.1. The molecule has 7 heteroatoms. The van der Waals surface area contributed by atoms with Gasteiger partial charge in [-0.2, -0.15) is 0 Å². The van der Waals surface area contributed by atoms with Gasteiger partial charge in [0, 0.05) is 12.6 Å². The van der Waals surface area contributed by atoms with Gasteiger partial charge in [-0.1, -0.05) is 12.1 Å². The molecule has 6 nitrogen and oxygen atoms in total. The maximum atomic E-state index is 11.0. The molecule has 0 fully saturated rings. The first-order chi connectivity index (χ1) is 7.81. The molecular formula is C10H14NO5P. The van der Waals surface area contributed by atoms with Crippen LogP contribution in [0.5, 0.6) is 0 Å². The summed E-state index contributed by atoms with van der Waals surface area (Å²) in [6.45, 7) is 1.08. The molecule has 0 heterocycles. The Morgan fingerprint density at radius 2 is 2.06 bits per heavy atom. The Labute approximate surface area is 98.4 Å². The second kappa shape index (κ2) is 5.42. The van der Waals surface area contributed by atoms with Crippen LogP contribution in [0.2, 0.25) is 0 Å². The van der Waals surface area contributed by atoms with Gasteiger partial charge in [0.1, 0.15) is 0 Å². The molecule has 1 aromatic carbocycles. The normalized spacial score (nSPS) is 11.3. The van der Waals surface area contributed by atoms with Gasteiger partial charge in [-0.15, -0.1) is 0 Å². The van der Waals surface area contributed by atoms with E-state index in [9.17, 15) is 9.36 Å². The molecule has 0 saturated carbocycles. The van der Waals surface area contributed by atoms with Crippen LogP contribution in [-0.2, 0) is 22.1 Å². The predicted octanol–water partition coefficient (Wildman–Crippen LogP) is 0.815. The molecule has 1 rings (SSSR count). The van der Waals surface area contributed by atoms with Crippen molar-refractivity contribution in [3.63, 3.8) is 0 Å². The number of hydrogen-bond acceptors (Lipinski definition) is 3. The highest BCUT2D eigenvalue weighted by atomic mass is 31.2. The summed E-state index contributed by atoms with van der Waals surface area (Å²) in [5.74, 6) is -0.325. The van der Waals surface area contributed by atoms with Gasteiger partial charge < -0.3 is 20.2 Å². The predicted molar refractivity (Wildman–Crippen MR) is 62.4 cm³/mol. The highest BCUT2D eigenvalue weighted by Gasteiger charge is 2.17. The van der Waals surface area contributed by atoms with Gasteiger partial charge >= 0.3 is 7.60 Å². The SMILES string of the molecule is CC(=O)Nc1ccc(CO)cc1CP(=O)(O)O. The molecular weight excluding hydrogens is 245 g/mol. The van der Waals surface area contributed by atoms with E-state index in [0.717, 1.165) is 0 Å². The fourth-order valence-corrected chi connectivity index (χ4v) is 2.12. The maximum absolute atomic E-state index is 11.0. The van der Waals surface area contributed by atoms with Crippen LogP contribution in [0.3, 0.4) is 0 Å². The van der Waals surface area contributed by atoms with Crippen molar-refractivity contribution in [2.75, 3.05) is 5.32 Å². The first-order valence-corrected chi connectivity index (χ1v) is 6.66. The second-order valence-corrected chi connectivity index (χ2v) is 5.30. The van der Waals surface area contributed by atoms with E-state index >= 15 is 0 Å². The van der Waals surface area contributed by atoms with E-state index < -0.39 is 13.8 Å². The van der Waals surface area contributed by atoms with Crippen LogP contribution in [0.4, 0.5) is 5.69 Å². The summed E-state index contributed by atoms with van der Waals surface area (Å²) in [5.41, 5.74) is 1.18. The molecule has 1 aromatic rings. The van der Waals surface area contributed by atoms with Crippen molar-refractivity contribution in [2.45, 2.75) is 19.7 Å². The molecule has 4 N–H and O–H groups in total. The minimum atomic E-state index is -4.22. The average Bonchev–Trinajstić information content (AvgIpc) is 2.17. The fraction of sp³-hybridized carbons (Fsp3) is 0.300. The lowest BCUT2D eigenvalue weighted by atomic mass is 10.1. The molecule has 0 unspecified atom stereocenters. The number of nitrogens with one attached hydrogen (secondary N) is 1. The van der Waals surface area contributed by atoms with Crippen molar-refractivity contribution in [3.8, 4) is 0 Å². The summed E-state index contributed by atoms with van der Waals surface area (Å²) in [6, 6.07) is 4.55. The highest BCUT2D eigenvalue weighted by Crippen LogP contribution is 2.41. The summed E-state index contributed by atoms with van der Waals surface area (Å²) in [5, 5.41) is 11.4. The molecule has 94 valence electrons. The van der Waals surface area contributed by atoms with Crippen LogP contribution in [0.25, 0.3) is 0 Å². The highest BCUT2D eigenvalue weighted by molar-refractivity contribution is 7.50. The Kier molecular flexibility index (Phi) is 4.42. The largest absolute Gasteiger partial charge is 0.392 e. The van der Waals surface area contributed by atoms with Gasteiger partial charge in [0.25, 0.3) is 0 Å². The lowest BCUT2D eigenvalue weighted by Gasteiger charge is -2.12. The van der Waals surface area contributed by atoms with Crippen LogP contribution >= 0.6 is 7.60 Å². The van der Waals surface area contributed by atoms with Crippen molar-refractivity contribution in [2.24, 2.45) is 0 Å². The summed E-state index contributed by atoms with van der Waals surface area (Å²) >= 11 is 0. The number of anilines is 1. The van der Waals surface area contributed by atoms with Crippen LogP contribution in [0, 0.1) is 0 Å². The number of benzene rings is 1. The average molecular weight is 259 g/mol. The molecule has 1 amide bonds. The zero-order chi connectivity index (χ0) is 13.1. The zero-order valence-electron chi connectivity index (χ0n) is 9.25. The Morgan fingerprint density at radius 3 is 2.53 bits per heavy atom.